The van der Waals surface area contributed by atoms with Crippen LogP contribution in [0.4, 0.5) is 0 Å². The zero-order valence-electron chi connectivity index (χ0n) is 12.9. The second kappa shape index (κ2) is 5.54. The lowest BCUT2D eigenvalue weighted by Crippen LogP contribution is -2.25. The minimum absolute atomic E-state index is 0.356. The van der Waals surface area contributed by atoms with Gasteiger partial charge in [-0.15, -0.1) is 0 Å². The average molecular weight is 261 g/mol. The van der Waals surface area contributed by atoms with E-state index in [0.29, 0.717) is 17.4 Å². The molecule has 0 saturated carbocycles. The number of fused-ring (bicyclic) bond motifs is 1. The van der Waals surface area contributed by atoms with E-state index in [1.807, 2.05) is 0 Å². The van der Waals surface area contributed by atoms with Gasteiger partial charge in [-0.2, -0.15) is 0 Å². The highest BCUT2D eigenvalue weighted by molar-refractivity contribution is 5.40. The van der Waals surface area contributed by atoms with E-state index < -0.39 is 0 Å². The summed E-state index contributed by atoms with van der Waals surface area (Å²) in [5.74, 6) is 1.75. The molecule has 1 aromatic rings. The summed E-state index contributed by atoms with van der Waals surface area (Å²) < 4.78 is 5.58. The van der Waals surface area contributed by atoms with Gasteiger partial charge in [0.15, 0.2) is 0 Å². The minimum atomic E-state index is 0.356. The zero-order valence-corrected chi connectivity index (χ0v) is 12.9. The van der Waals surface area contributed by atoms with Crippen molar-refractivity contribution in [2.24, 2.45) is 11.3 Å². The fourth-order valence-corrected chi connectivity index (χ4v) is 2.55. The molecule has 0 aliphatic carbocycles. The minimum Gasteiger partial charge on any atom is -0.493 e. The van der Waals surface area contributed by atoms with Gasteiger partial charge in [0.1, 0.15) is 5.75 Å². The van der Waals surface area contributed by atoms with Crippen LogP contribution in [-0.2, 0) is 6.42 Å². The van der Waals surface area contributed by atoms with Gasteiger partial charge in [-0.05, 0) is 42.0 Å². The SMILES string of the molecule is CNC(CC(C)C(C)(C)C)c1ccc2c(c1)CCO2. The second-order valence-corrected chi connectivity index (χ2v) is 6.81. The molecule has 2 nitrogen and oxygen atoms in total. The molecule has 2 unspecified atom stereocenters. The van der Waals surface area contributed by atoms with Crippen molar-refractivity contribution < 1.29 is 4.74 Å². The van der Waals surface area contributed by atoms with Gasteiger partial charge in [-0.25, -0.2) is 0 Å². The Morgan fingerprint density at radius 2 is 2.05 bits per heavy atom. The zero-order chi connectivity index (χ0) is 14.0. The molecule has 0 bridgehead atoms. The standard InChI is InChI=1S/C17H27NO/c1-12(17(2,3)4)10-15(18-5)13-6-7-16-14(11-13)8-9-19-16/h6-7,11-12,15,18H,8-10H2,1-5H3. The van der Waals surface area contributed by atoms with Gasteiger partial charge in [-0.1, -0.05) is 39.8 Å². The molecule has 0 amide bonds. The summed E-state index contributed by atoms with van der Waals surface area (Å²) in [5, 5.41) is 3.47. The largest absolute Gasteiger partial charge is 0.493 e. The molecule has 2 atom stereocenters. The summed E-state index contributed by atoms with van der Waals surface area (Å²) in [4.78, 5) is 0. The number of rotatable bonds is 4. The van der Waals surface area contributed by atoms with Gasteiger partial charge >= 0.3 is 0 Å². The van der Waals surface area contributed by atoms with E-state index in [1.54, 1.807) is 0 Å². The first-order valence-corrected chi connectivity index (χ1v) is 7.34. The molecule has 1 N–H and O–H groups in total. The number of hydrogen-bond donors (Lipinski definition) is 1. The maximum absolute atomic E-state index is 5.58. The maximum Gasteiger partial charge on any atom is 0.122 e. The monoisotopic (exact) mass is 261 g/mol. The Morgan fingerprint density at radius 1 is 1.32 bits per heavy atom. The molecular formula is C17H27NO. The van der Waals surface area contributed by atoms with Crippen molar-refractivity contribution in [2.75, 3.05) is 13.7 Å². The third kappa shape index (κ3) is 3.30. The van der Waals surface area contributed by atoms with Crippen LogP contribution in [0.2, 0.25) is 0 Å². The summed E-state index contributed by atoms with van der Waals surface area (Å²) in [7, 11) is 2.06. The highest BCUT2D eigenvalue weighted by Gasteiger charge is 2.24. The van der Waals surface area contributed by atoms with Crippen molar-refractivity contribution >= 4 is 0 Å². The quantitative estimate of drug-likeness (QED) is 0.886. The normalized spacial score (nSPS) is 17.7. The summed E-state index contributed by atoms with van der Waals surface area (Å²) in [6, 6.07) is 7.09. The molecular weight excluding hydrogens is 234 g/mol. The predicted octanol–water partition coefficient (Wildman–Crippen LogP) is 3.95. The van der Waals surface area contributed by atoms with E-state index in [9.17, 15) is 0 Å². The van der Waals surface area contributed by atoms with E-state index in [1.165, 1.54) is 17.5 Å². The Morgan fingerprint density at radius 3 is 2.68 bits per heavy atom. The maximum atomic E-state index is 5.58. The topological polar surface area (TPSA) is 21.3 Å². The Labute approximate surface area is 117 Å². The van der Waals surface area contributed by atoms with Crippen molar-refractivity contribution in [1.82, 2.24) is 5.32 Å². The highest BCUT2D eigenvalue weighted by atomic mass is 16.5. The Balaban J connectivity index is 2.14. The van der Waals surface area contributed by atoms with Crippen molar-refractivity contribution in [3.8, 4) is 5.75 Å². The van der Waals surface area contributed by atoms with Gasteiger partial charge in [0.05, 0.1) is 6.61 Å². The molecule has 0 fully saturated rings. The number of benzene rings is 1. The van der Waals surface area contributed by atoms with Crippen molar-refractivity contribution in [3.05, 3.63) is 29.3 Å². The molecule has 0 radical (unpaired) electrons. The molecule has 1 aromatic carbocycles. The van der Waals surface area contributed by atoms with Crippen LogP contribution < -0.4 is 10.1 Å². The van der Waals surface area contributed by atoms with Crippen LogP contribution >= 0.6 is 0 Å². The second-order valence-electron chi connectivity index (χ2n) is 6.81. The van der Waals surface area contributed by atoms with E-state index >= 15 is 0 Å². The van der Waals surface area contributed by atoms with Crippen LogP contribution in [0, 0.1) is 11.3 Å². The third-order valence-electron chi connectivity index (χ3n) is 4.53. The molecule has 2 rings (SSSR count). The summed E-state index contributed by atoms with van der Waals surface area (Å²) in [6.45, 7) is 10.1. The Bertz CT molecular complexity index is 433. The first-order valence-electron chi connectivity index (χ1n) is 7.34. The van der Waals surface area contributed by atoms with E-state index in [-0.39, 0.29) is 0 Å². The van der Waals surface area contributed by atoms with E-state index in [2.05, 4.69) is 58.3 Å². The average Bonchev–Trinajstić information content (AvgIpc) is 2.81. The number of nitrogens with one attached hydrogen (secondary N) is 1. The summed E-state index contributed by atoms with van der Waals surface area (Å²) in [6.07, 6.45) is 2.22. The van der Waals surface area contributed by atoms with Gasteiger partial charge in [0.2, 0.25) is 0 Å². The van der Waals surface area contributed by atoms with Crippen LogP contribution in [0.3, 0.4) is 0 Å². The Kier molecular flexibility index (Phi) is 4.19. The van der Waals surface area contributed by atoms with Crippen molar-refractivity contribution in [3.63, 3.8) is 0 Å². The lowest BCUT2D eigenvalue weighted by atomic mass is 9.77. The summed E-state index contributed by atoms with van der Waals surface area (Å²) in [5.41, 5.74) is 3.11. The molecule has 0 aromatic heterocycles. The lowest BCUT2D eigenvalue weighted by Gasteiger charge is -2.31. The molecule has 106 valence electrons. The van der Waals surface area contributed by atoms with Crippen LogP contribution in [0.1, 0.15) is 51.3 Å². The van der Waals surface area contributed by atoms with Gasteiger partial charge < -0.3 is 10.1 Å². The highest BCUT2D eigenvalue weighted by Crippen LogP contribution is 2.35. The predicted molar refractivity (Wildman–Crippen MR) is 80.7 cm³/mol. The van der Waals surface area contributed by atoms with Gasteiger partial charge in [-0.3, -0.25) is 0 Å². The fraction of sp³-hybridized carbons (Fsp3) is 0.647. The van der Waals surface area contributed by atoms with Crippen molar-refractivity contribution in [1.29, 1.82) is 0 Å². The number of ether oxygens (including phenoxy) is 1. The molecule has 1 aliphatic heterocycles. The van der Waals surface area contributed by atoms with Crippen molar-refractivity contribution in [2.45, 2.75) is 46.6 Å². The molecule has 2 heteroatoms. The smallest absolute Gasteiger partial charge is 0.122 e. The van der Waals surface area contributed by atoms with Crippen LogP contribution in [-0.4, -0.2) is 13.7 Å². The van der Waals surface area contributed by atoms with Crippen LogP contribution in [0.25, 0.3) is 0 Å². The van der Waals surface area contributed by atoms with E-state index in [0.717, 1.165) is 18.8 Å². The number of hydrogen-bond acceptors (Lipinski definition) is 2. The molecule has 0 spiro atoms. The van der Waals surface area contributed by atoms with Gasteiger partial charge in [0, 0.05) is 12.5 Å². The van der Waals surface area contributed by atoms with Crippen LogP contribution in [0.15, 0.2) is 18.2 Å². The third-order valence-corrected chi connectivity index (χ3v) is 4.53. The van der Waals surface area contributed by atoms with E-state index in [4.69, 9.17) is 4.74 Å². The van der Waals surface area contributed by atoms with Crippen LogP contribution in [0.5, 0.6) is 5.75 Å². The molecule has 0 saturated heterocycles. The molecule has 1 heterocycles. The first-order chi connectivity index (χ1) is 8.91. The van der Waals surface area contributed by atoms with Gasteiger partial charge in [0.25, 0.3) is 0 Å². The lowest BCUT2D eigenvalue weighted by molar-refractivity contribution is 0.226. The Hall–Kier alpha value is -1.02. The molecule has 19 heavy (non-hydrogen) atoms. The molecule has 1 aliphatic rings. The fourth-order valence-electron chi connectivity index (χ4n) is 2.55. The summed E-state index contributed by atoms with van der Waals surface area (Å²) >= 11 is 0. The first kappa shape index (κ1) is 14.4.